The first-order valence-corrected chi connectivity index (χ1v) is 9.71. The number of nitrogens with zero attached hydrogens (tertiary/aromatic N) is 1. The topological polar surface area (TPSA) is 49.4 Å². The highest BCUT2D eigenvalue weighted by Crippen LogP contribution is 2.27. The molecule has 1 N–H and O–H groups in total. The van der Waals surface area contributed by atoms with Gasteiger partial charge in [0.25, 0.3) is 5.91 Å². The molecule has 1 fully saturated rings. The highest BCUT2D eigenvalue weighted by atomic mass is 79.9. The van der Waals surface area contributed by atoms with Crippen molar-refractivity contribution in [3.63, 3.8) is 0 Å². The fraction of sp³-hybridized carbons (Fsp3) is 0.294. The van der Waals surface area contributed by atoms with Crippen LogP contribution in [-0.2, 0) is 4.79 Å². The molecule has 1 aliphatic rings. The number of amides is 2. The van der Waals surface area contributed by atoms with Gasteiger partial charge < -0.3 is 10.2 Å². The lowest BCUT2D eigenvalue weighted by atomic mass is 10.0. The van der Waals surface area contributed by atoms with Crippen LogP contribution in [0.2, 0.25) is 5.02 Å². The molecule has 0 aliphatic carbocycles. The second-order valence-corrected chi connectivity index (χ2v) is 7.87. The van der Waals surface area contributed by atoms with Gasteiger partial charge in [0.05, 0.1) is 15.6 Å². The van der Waals surface area contributed by atoms with Crippen molar-refractivity contribution in [2.45, 2.75) is 25.3 Å². The van der Waals surface area contributed by atoms with Crippen LogP contribution in [0.5, 0.6) is 0 Å². The van der Waals surface area contributed by atoms with Gasteiger partial charge in [0.1, 0.15) is 6.04 Å². The van der Waals surface area contributed by atoms with Gasteiger partial charge in [0.2, 0.25) is 5.91 Å². The molecule has 0 spiro atoms. The minimum atomic E-state index is -0.465. The molecule has 7 heteroatoms. The van der Waals surface area contributed by atoms with E-state index < -0.39 is 6.04 Å². The Labute approximate surface area is 157 Å². The molecule has 0 bridgehead atoms. The third-order valence-electron chi connectivity index (χ3n) is 3.99. The third kappa shape index (κ3) is 3.82. The van der Waals surface area contributed by atoms with Crippen molar-refractivity contribution >= 4 is 56.4 Å². The van der Waals surface area contributed by atoms with Crippen LogP contribution in [0.3, 0.4) is 0 Å². The summed E-state index contributed by atoms with van der Waals surface area (Å²) in [5.74, 6) is -0.268. The average molecular weight is 428 g/mol. The zero-order chi connectivity index (χ0) is 17.1. The smallest absolute Gasteiger partial charge is 0.264 e. The predicted octanol–water partition coefficient (Wildman–Crippen LogP) is 4.80. The van der Waals surface area contributed by atoms with Crippen LogP contribution in [0.25, 0.3) is 0 Å². The maximum atomic E-state index is 12.7. The quantitative estimate of drug-likeness (QED) is 0.765. The van der Waals surface area contributed by atoms with Gasteiger partial charge in [-0.15, -0.1) is 11.3 Å². The Hall–Kier alpha value is -1.37. The Balaban J connectivity index is 1.77. The molecule has 1 saturated heterocycles. The number of carbonyl (C=O) groups is 2. The minimum absolute atomic E-state index is 0.0771. The molecule has 24 heavy (non-hydrogen) atoms. The maximum absolute atomic E-state index is 12.7. The number of piperidine rings is 1. The Bertz CT molecular complexity index is 751. The van der Waals surface area contributed by atoms with E-state index in [4.69, 9.17) is 11.6 Å². The first-order valence-electron chi connectivity index (χ1n) is 7.66. The van der Waals surface area contributed by atoms with Crippen molar-refractivity contribution in [2.24, 2.45) is 0 Å². The number of halogens is 2. The Morgan fingerprint density at radius 2 is 2.12 bits per heavy atom. The Kier molecular flexibility index (Phi) is 5.58. The largest absolute Gasteiger partial charge is 0.326 e. The van der Waals surface area contributed by atoms with Crippen LogP contribution in [0, 0.1) is 0 Å². The summed E-state index contributed by atoms with van der Waals surface area (Å²) in [6.07, 6.45) is 2.51. The van der Waals surface area contributed by atoms with Crippen LogP contribution < -0.4 is 5.32 Å². The second-order valence-electron chi connectivity index (χ2n) is 5.60. The summed E-state index contributed by atoms with van der Waals surface area (Å²) in [6.45, 7) is 0.600. The number of benzene rings is 1. The number of rotatable bonds is 3. The van der Waals surface area contributed by atoms with Crippen molar-refractivity contribution in [1.82, 2.24) is 4.90 Å². The predicted molar refractivity (Wildman–Crippen MR) is 101 cm³/mol. The molecule has 1 atom stereocenters. The van der Waals surface area contributed by atoms with Crippen molar-refractivity contribution < 1.29 is 9.59 Å². The van der Waals surface area contributed by atoms with Crippen molar-refractivity contribution in [2.75, 3.05) is 11.9 Å². The molecule has 2 amide bonds. The molecule has 2 aromatic rings. The van der Waals surface area contributed by atoms with Gasteiger partial charge in [-0.1, -0.05) is 33.6 Å². The van der Waals surface area contributed by atoms with Gasteiger partial charge in [-0.25, -0.2) is 0 Å². The number of hydrogen-bond donors (Lipinski definition) is 1. The summed E-state index contributed by atoms with van der Waals surface area (Å²) in [5, 5.41) is 5.19. The normalized spacial score (nSPS) is 17.6. The molecular weight excluding hydrogens is 412 g/mol. The lowest BCUT2D eigenvalue weighted by Crippen LogP contribution is -2.49. The third-order valence-corrected chi connectivity index (χ3v) is 5.65. The fourth-order valence-electron chi connectivity index (χ4n) is 2.80. The summed E-state index contributed by atoms with van der Waals surface area (Å²) in [4.78, 5) is 27.7. The zero-order valence-corrected chi connectivity index (χ0v) is 16.0. The number of hydrogen-bond acceptors (Lipinski definition) is 3. The van der Waals surface area contributed by atoms with E-state index in [2.05, 4.69) is 21.2 Å². The van der Waals surface area contributed by atoms with Gasteiger partial charge in [0.15, 0.2) is 0 Å². The first kappa shape index (κ1) is 17.5. The van der Waals surface area contributed by atoms with Crippen molar-refractivity contribution in [1.29, 1.82) is 0 Å². The summed E-state index contributed by atoms with van der Waals surface area (Å²) in [6, 6.07) is 8.47. The van der Waals surface area contributed by atoms with E-state index in [1.807, 2.05) is 17.5 Å². The van der Waals surface area contributed by atoms with Crippen molar-refractivity contribution in [3.05, 3.63) is 50.1 Å². The molecule has 0 radical (unpaired) electrons. The number of carbonyl (C=O) groups excluding carboxylic acids is 2. The standard InChI is InChI=1S/C17H16BrClN2O2S/c18-11-6-7-13(12(19)10-11)20-16(22)14-4-1-2-8-21(14)17(23)15-5-3-9-24-15/h3,5-7,9-10,14H,1-2,4,8H2,(H,20,22). The second kappa shape index (κ2) is 7.68. The van der Waals surface area contributed by atoms with Gasteiger partial charge in [-0.3, -0.25) is 9.59 Å². The molecule has 4 nitrogen and oxygen atoms in total. The molecule has 1 aliphatic heterocycles. The van der Waals surface area contributed by atoms with E-state index >= 15 is 0 Å². The molecular formula is C17H16BrClN2O2S. The molecule has 1 aromatic heterocycles. The molecule has 1 aromatic carbocycles. The van der Waals surface area contributed by atoms with E-state index in [0.717, 1.165) is 17.3 Å². The van der Waals surface area contributed by atoms with Crippen molar-refractivity contribution in [3.8, 4) is 0 Å². The van der Waals surface area contributed by atoms with Crippen LogP contribution in [0.15, 0.2) is 40.2 Å². The van der Waals surface area contributed by atoms with Crippen LogP contribution in [-0.4, -0.2) is 29.3 Å². The molecule has 126 valence electrons. The summed E-state index contributed by atoms with van der Waals surface area (Å²) >= 11 is 10.9. The SMILES string of the molecule is O=C(Nc1ccc(Br)cc1Cl)C1CCCCN1C(=O)c1cccs1. The lowest BCUT2D eigenvalue weighted by molar-refractivity contribution is -0.121. The highest BCUT2D eigenvalue weighted by Gasteiger charge is 2.33. The minimum Gasteiger partial charge on any atom is -0.326 e. The fourth-order valence-corrected chi connectivity index (χ4v) is 4.20. The lowest BCUT2D eigenvalue weighted by Gasteiger charge is -2.34. The zero-order valence-electron chi connectivity index (χ0n) is 12.8. The number of anilines is 1. The van der Waals surface area contributed by atoms with Crippen LogP contribution >= 0.6 is 38.9 Å². The Morgan fingerprint density at radius 1 is 1.29 bits per heavy atom. The van der Waals surface area contributed by atoms with Gasteiger partial charge in [-0.05, 0) is 48.9 Å². The monoisotopic (exact) mass is 426 g/mol. The summed E-state index contributed by atoms with van der Waals surface area (Å²) in [5.41, 5.74) is 0.555. The highest BCUT2D eigenvalue weighted by molar-refractivity contribution is 9.10. The summed E-state index contributed by atoms with van der Waals surface area (Å²) < 4.78 is 0.845. The molecule has 3 rings (SSSR count). The number of thiophene rings is 1. The Morgan fingerprint density at radius 3 is 2.83 bits per heavy atom. The summed E-state index contributed by atoms with van der Waals surface area (Å²) in [7, 11) is 0. The van der Waals surface area contributed by atoms with E-state index in [0.29, 0.717) is 28.6 Å². The first-order chi connectivity index (χ1) is 11.6. The molecule has 1 unspecified atom stereocenters. The van der Waals surface area contributed by atoms with Gasteiger partial charge in [-0.2, -0.15) is 0 Å². The van der Waals surface area contributed by atoms with E-state index in [1.54, 1.807) is 23.1 Å². The van der Waals surface area contributed by atoms with Gasteiger partial charge in [0, 0.05) is 11.0 Å². The molecule has 2 heterocycles. The van der Waals surface area contributed by atoms with Crippen LogP contribution in [0.4, 0.5) is 5.69 Å². The average Bonchev–Trinajstić information content (AvgIpc) is 3.11. The number of nitrogens with one attached hydrogen (secondary N) is 1. The van der Waals surface area contributed by atoms with Crippen LogP contribution in [0.1, 0.15) is 28.9 Å². The van der Waals surface area contributed by atoms with E-state index in [1.165, 1.54) is 11.3 Å². The number of likely N-dealkylation sites (tertiary alicyclic amines) is 1. The van der Waals surface area contributed by atoms with E-state index in [-0.39, 0.29) is 11.8 Å². The maximum Gasteiger partial charge on any atom is 0.264 e. The molecule has 0 saturated carbocycles. The van der Waals surface area contributed by atoms with Gasteiger partial charge >= 0.3 is 0 Å². The van der Waals surface area contributed by atoms with E-state index in [9.17, 15) is 9.59 Å².